The summed E-state index contributed by atoms with van der Waals surface area (Å²) in [5, 5.41) is 4.66. The van der Waals surface area contributed by atoms with Gasteiger partial charge in [0.2, 0.25) is 0 Å². The molecule has 6 heteroatoms. The molecular formula is C16H13F2N3S. The summed E-state index contributed by atoms with van der Waals surface area (Å²) in [4.78, 5) is 4.43. The molecule has 22 heavy (non-hydrogen) atoms. The highest BCUT2D eigenvalue weighted by molar-refractivity contribution is 8.14. The van der Waals surface area contributed by atoms with Gasteiger partial charge < -0.3 is 0 Å². The molecule has 2 aromatic carbocycles. The smallest absolute Gasteiger partial charge is 0.182 e. The van der Waals surface area contributed by atoms with Crippen LogP contribution in [-0.2, 0) is 0 Å². The van der Waals surface area contributed by atoms with Gasteiger partial charge in [0, 0.05) is 5.75 Å². The van der Waals surface area contributed by atoms with Gasteiger partial charge >= 0.3 is 0 Å². The van der Waals surface area contributed by atoms with Gasteiger partial charge in [-0.05, 0) is 36.8 Å². The number of thioether (sulfide) groups is 1. The van der Waals surface area contributed by atoms with E-state index in [9.17, 15) is 8.78 Å². The average Bonchev–Trinajstić information content (AvgIpc) is 2.49. The van der Waals surface area contributed by atoms with E-state index in [2.05, 4.69) is 15.5 Å². The van der Waals surface area contributed by atoms with Crippen molar-refractivity contribution in [1.82, 2.24) is 5.43 Å². The Morgan fingerprint density at radius 2 is 1.86 bits per heavy atom. The van der Waals surface area contributed by atoms with Crippen molar-refractivity contribution in [2.45, 2.75) is 6.92 Å². The van der Waals surface area contributed by atoms with Crippen molar-refractivity contribution in [2.75, 3.05) is 5.75 Å². The van der Waals surface area contributed by atoms with Crippen molar-refractivity contribution < 1.29 is 8.78 Å². The van der Waals surface area contributed by atoms with Crippen LogP contribution in [0.15, 0.2) is 52.6 Å². The predicted molar refractivity (Wildman–Crippen MR) is 86.8 cm³/mol. The number of nitrogens with zero attached hydrogens (tertiary/aromatic N) is 2. The Morgan fingerprint density at radius 3 is 2.50 bits per heavy atom. The minimum atomic E-state index is -0.611. The number of benzene rings is 2. The molecule has 0 amide bonds. The van der Waals surface area contributed by atoms with Crippen molar-refractivity contribution in [2.24, 2.45) is 10.1 Å². The lowest BCUT2D eigenvalue weighted by atomic mass is 10.1. The standard InChI is InChI=1S/C16H13F2N3S/c1-10-4-2-5-11(8-10)19-16-21-20-14(9-22-16)15-12(17)6-3-7-13(15)18/h2-8H,9H2,1H3,(H,19,21). The second-order valence-corrected chi connectivity index (χ2v) is 5.78. The highest BCUT2D eigenvalue weighted by Crippen LogP contribution is 2.21. The summed E-state index contributed by atoms with van der Waals surface area (Å²) in [6.45, 7) is 1.99. The first-order valence-corrected chi connectivity index (χ1v) is 7.67. The lowest BCUT2D eigenvalue weighted by molar-refractivity contribution is 0.578. The maximum atomic E-state index is 13.7. The molecule has 0 saturated heterocycles. The van der Waals surface area contributed by atoms with E-state index in [1.54, 1.807) is 0 Å². The summed E-state index contributed by atoms with van der Waals surface area (Å²) in [6.07, 6.45) is 0. The third kappa shape index (κ3) is 3.17. The zero-order chi connectivity index (χ0) is 15.5. The summed E-state index contributed by atoms with van der Waals surface area (Å²) in [5.41, 5.74) is 4.93. The molecular weight excluding hydrogens is 304 g/mol. The van der Waals surface area contributed by atoms with Crippen LogP contribution in [0.25, 0.3) is 0 Å². The summed E-state index contributed by atoms with van der Waals surface area (Å²) < 4.78 is 27.5. The number of halogens is 2. The number of hydrogen-bond donors (Lipinski definition) is 1. The minimum absolute atomic E-state index is 0.0860. The Bertz CT molecular complexity index is 751. The van der Waals surface area contributed by atoms with Gasteiger partial charge in [-0.15, -0.1) is 0 Å². The Hall–Kier alpha value is -2.21. The largest absolute Gasteiger partial charge is 0.255 e. The zero-order valence-corrected chi connectivity index (χ0v) is 12.6. The highest BCUT2D eigenvalue weighted by Gasteiger charge is 2.19. The number of aryl methyl sites for hydroxylation is 1. The molecule has 2 aromatic rings. The van der Waals surface area contributed by atoms with Gasteiger partial charge in [-0.1, -0.05) is 30.0 Å². The number of nitrogens with one attached hydrogen (secondary N) is 1. The number of rotatable bonds is 2. The molecule has 0 radical (unpaired) electrons. The van der Waals surface area contributed by atoms with Crippen molar-refractivity contribution in [3.8, 4) is 0 Å². The van der Waals surface area contributed by atoms with E-state index in [4.69, 9.17) is 0 Å². The summed E-state index contributed by atoms with van der Waals surface area (Å²) in [7, 11) is 0. The van der Waals surface area contributed by atoms with E-state index >= 15 is 0 Å². The van der Waals surface area contributed by atoms with Crippen LogP contribution >= 0.6 is 11.8 Å². The van der Waals surface area contributed by atoms with E-state index in [-0.39, 0.29) is 5.56 Å². The van der Waals surface area contributed by atoms with Gasteiger partial charge in [0.15, 0.2) is 5.17 Å². The Labute approximate surface area is 131 Å². The molecule has 1 N–H and O–H groups in total. The van der Waals surface area contributed by atoms with Crippen LogP contribution in [0.2, 0.25) is 0 Å². The molecule has 1 heterocycles. The maximum absolute atomic E-state index is 13.7. The fourth-order valence-corrected chi connectivity index (χ4v) is 2.85. The normalized spacial score (nSPS) is 16.3. The van der Waals surface area contributed by atoms with Crippen molar-refractivity contribution in [3.05, 3.63) is 65.2 Å². The number of aliphatic imine (C=N–C) groups is 1. The lowest BCUT2D eigenvalue weighted by Gasteiger charge is -2.15. The molecule has 0 bridgehead atoms. The van der Waals surface area contributed by atoms with E-state index in [0.29, 0.717) is 16.6 Å². The zero-order valence-electron chi connectivity index (χ0n) is 11.8. The average molecular weight is 317 g/mol. The van der Waals surface area contributed by atoms with Crippen molar-refractivity contribution in [3.63, 3.8) is 0 Å². The topological polar surface area (TPSA) is 36.8 Å². The summed E-state index contributed by atoms with van der Waals surface area (Å²) in [5.74, 6) is -0.865. The second kappa shape index (κ2) is 6.27. The Morgan fingerprint density at radius 1 is 1.14 bits per heavy atom. The molecule has 3 nitrogen and oxygen atoms in total. The van der Waals surface area contributed by atoms with Gasteiger partial charge in [-0.3, -0.25) is 5.43 Å². The molecule has 1 aliphatic rings. The van der Waals surface area contributed by atoms with Gasteiger partial charge in [-0.2, -0.15) is 5.10 Å². The van der Waals surface area contributed by atoms with Crippen LogP contribution in [0.5, 0.6) is 0 Å². The van der Waals surface area contributed by atoms with Crippen molar-refractivity contribution >= 4 is 28.3 Å². The molecule has 1 aliphatic heterocycles. The minimum Gasteiger partial charge on any atom is -0.255 e. The third-order valence-electron chi connectivity index (χ3n) is 3.12. The fraction of sp³-hybridized carbons (Fsp3) is 0.125. The third-order valence-corrected chi connectivity index (χ3v) is 3.99. The first-order chi connectivity index (χ1) is 10.6. The first-order valence-electron chi connectivity index (χ1n) is 6.68. The lowest BCUT2D eigenvalue weighted by Crippen LogP contribution is -2.26. The Kier molecular flexibility index (Phi) is 4.20. The highest BCUT2D eigenvalue weighted by atomic mass is 32.2. The predicted octanol–water partition coefficient (Wildman–Crippen LogP) is 4.00. The molecule has 0 saturated carbocycles. The molecule has 3 rings (SSSR count). The maximum Gasteiger partial charge on any atom is 0.182 e. The van der Waals surface area contributed by atoms with Crippen LogP contribution in [0, 0.1) is 18.6 Å². The molecule has 0 unspecified atom stereocenters. The number of hydrazone groups is 1. The van der Waals surface area contributed by atoms with Gasteiger partial charge in [0.25, 0.3) is 0 Å². The Balaban J connectivity index is 1.83. The van der Waals surface area contributed by atoms with E-state index in [1.807, 2.05) is 31.2 Å². The van der Waals surface area contributed by atoms with Crippen LogP contribution < -0.4 is 5.43 Å². The van der Waals surface area contributed by atoms with Crippen molar-refractivity contribution in [1.29, 1.82) is 0 Å². The summed E-state index contributed by atoms with van der Waals surface area (Å²) in [6, 6.07) is 11.5. The number of hydrogen-bond acceptors (Lipinski definition) is 3. The van der Waals surface area contributed by atoms with Gasteiger partial charge in [0.1, 0.15) is 11.6 Å². The van der Waals surface area contributed by atoms with E-state index in [0.717, 1.165) is 11.3 Å². The summed E-state index contributed by atoms with van der Waals surface area (Å²) >= 11 is 1.36. The fourth-order valence-electron chi connectivity index (χ4n) is 2.09. The van der Waals surface area contributed by atoms with E-state index in [1.165, 1.54) is 30.0 Å². The van der Waals surface area contributed by atoms with E-state index < -0.39 is 11.6 Å². The molecule has 112 valence electrons. The molecule has 0 atom stereocenters. The SMILES string of the molecule is Cc1cccc(N=C2NN=C(c3c(F)cccc3F)CS2)c1. The van der Waals surface area contributed by atoms with Crippen LogP contribution in [0.4, 0.5) is 14.5 Å². The van der Waals surface area contributed by atoms with Gasteiger partial charge in [-0.25, -0.2) is 13.8 Å². The van der Waals surface area contributed by atoms with Crippen LogP contribution in [0.1, 0.15) is 11.1 Å². The molecule has 0 spiro atoms. The molecule has 0 aromatic heterocycles. The monoisotopic (exact) mass is 317 g/mol. The first kappa shape index (κ1) is 14.7. The van der Waals surface area contributed by atoms with Crippen LogP contribution in [0.3, 0.4) is 0 Å². The second-order valence-electron chi connectivity index (χ2n) is 4.81. The number of amidine groups is 1. The molecule has 0 fully saturated rings. The van der Waals surface area contributed by atoms with Gasteiger partial charge in [0.05, 0.1) is 17.0 Å². The quantitative estimate of drug-likeness (QED) is 0.909. The van der Waals surface area contributed by atoms with Crippen LogP contribution in [-0.4, -0.2) is 16.6 Å². The molecule has 0 aliphatic carbocycles.